The molecule has 0 unspecified atom stereocenters. The molecule has 1 fully saturated rings. The molecule has 2 N–H and O–H groups in total. The molecule has 0 spiro atoms. The van der Waals surface area contributed by atoms with Crippen LogP contribution in [0.15, 0.2) is 0 Å². The standard InChI is InChI=1S/C14H30N2/c1-5-14(15,6-2)12-16-10-7-8-13(3,4)9-11-16/h5-12,15H2,1-4H3. The van der Waals surface area contributed by atoms with Crippen molar-refractivity contribution < 1.29 is 0 Å². The Labute approximate surface area is 102 Å². The van der Waals surface area contributed by atoms with Crippen molar-refractivity contribution in [2.24, 2.45) is 11.1 Å². The average molecular weight is 226 g/mol. The van der Waals surface area contributed by atoms with Crippen LogP contribution in [0.2, 0.25) is 0 Å². The zero-order chi connectivity index (χ0) is 12.2. The summed E-state index contributed by atoms with van der Waals surface area (Å²) in [6.45, 7) is 12.8. The van der Waals surface area contributed by atoms with Crippen molar-refractivity contribution in [3.05, 3.63) is 0 Å². The summed E-state index contributed by atoms with van der Waals surface area (Å²) >= 11 is 0. The van der Waals surface area contributed by atoms with E-state index in [1.54, 1.807) is 0 Å². The van der Waals surface area contributed by atoms with Gasteiger partial charge in [-0.25, -0.2) is 0 Å². The van der Waals surface area contributed by atoms with E-state index in [9.17, 15) is 0 Å². The van der Waals surface area contributed by atoms with Gasteiger partial charge in [0.05, 0.1) is 0 Å². The highest BCUT2D eigenvalue weighted by Crippen LogP contribution is 2.30. The molecule has 2 nitrogen and oxygen atoms in total. The molecule has 0 aromatic carbocycles. The molecule has 0 aromatic heterocycles. The molecular weight excluding hydrogens is 196 g/mol. The minimum atomic E-state index is 0.0362. The Morgan fingerprint density at radius 3 is 2.31 bits per heavy atom. The normalized spacial score (nSPS) is 23.1. The lowest BCUT2D eigenvalue weighted by Crippen LogP contribution is -2.49. The molecule has 1 aliphatic rings. The quantitative estimate of drug-likeness (QED) is 0.798. The molecule has 0 saturated carbocycles. The molecule has 96 valence electrons. The summed E-state index contributed by atoms with van der Waals surface area (Å²) in [6.07, 6.45) is 6.18. The molecule has 1 heterocycles. The minimum Gasteiger partial charge on any atom is -0.324 e. The van der Waals surface area contributed by atoms with Gasteiger partial charge in [0.25, 0.3) is 0 Å². The zero-order valence-electron chi connectivity index (χ0n) is 11.7. The molecule has 0 atom stereocenters. The van der Waals surface area contributed by atoms with Gasteiger partial charge in [0.15, 0.2) is 0 Å². The Morgan fingerprint density at radius 1 is 1.12 bits per heavy atom. The van der Waals surface area contributed by atoms with Crippen molar-refractivity contribution in [3.63, 3.8) is 0 Å². The third kappa shape index (κ3) is 4.06. The zero-order valence-corrected chi connectivity index (χ0v) is 11.7. The van der Waals surface area contributed by atoms with Crippen LogP contribution in [0.25, 0.3) is 0 Å². The third-order valence-electron chi connectivity index (χ3n) is 4.38. The van der Waals surface area contributed by atoms with E-state index >= 15 is 0 Å². The summed E-state index contributed by atoms with van der Waals surface area (Å²) in [7, 11) is 0. The van der Waals surface area contributed by atoms with E-state index < -0.39 is 0 Å². The predicted molar refractivity (Wildman–Crippen MR) is 71.6 cm³/mol. The number of nitrogens with zero attached hydrogens (tertiary/aromatic N) is 1. The van der Waals surface area contributed by atoms with E-state index in [-0.39, 0.29) is 5.54 Å². The van der Waals surface area contributed by atoms with Crippen LogP contribution >= 0.6 is 0 Å². The predicted octanol–water partition coefficient (Wildman–Crippen LogP) is 3.02. The summed E-state index contributed by atoms with van der Waals surface area (Å²) in [5, 5.41) is 0. The van der Waals surface area contributed by atoms with Gasteiger partial charge in [-0.1, -0.05) is 27.7 Å². The smallest absolute Gasteiger partial charge is 0.0278 e. The van der Waals surface area contributed by atoms with Crippen LogP contribution in [0.1, 0.15) is 59.8 Å². The Kier molecular flexibility index (Phi) is 4.81. The van der Waals surface area contributed by atoms with Gasteiger partial charge in [-0.05, 0) is 50.6 Å². The summed E-state index contributed by atoms with van der Waals surface area (Å²) < 4.78 is 0. The van der Waals surface area contributed by atoms with Crippen molar-refractivity contribution in [3.8, 4) is 0 Å². The lowest BCUT2D eigenvalue weighted by Gasteiger charge is -2.33. The molecule has 0 radical (unpaired) electrons. The molecular formula is C14H30N2. The van der Waals surface area contributed by atoms with Gasteiger partial charge in [-0.15, -0.1) is 0 Å². The highest BCUT2D eigenvalue weighted by molar-refractivity contribution is 4.87. The number of hydrogen-bond donors (Lipinski definition) is 1. The summed E-state index contributed by atoms with van der Waals surface area (Å²) in [5.41, 5.74) is 6.97. The first kappa shape index (κ1) is 14.0. The average Bonchev–Trinajstić information content (AvgIpc) is 2.40. The van der Waals surface area contributed by atoms with Crippen LogP contribution in [0, 0.1) is 5.41 Å². The molecule has 16 heavy (non-hydrogen) atoms. The van der Waals surface area contributed by atoms with E-state index in [1.807, 2.05) is 0 Å². The fraction of sp³-hybridized carbons (Fsp3) is 1.00. The SMILES string of the molecule is CCC(N)(CC)CN1CCCC(C)(C)CC1. The van der Waals surface area contributed by atoms with Gasteiger partial charge in [0.1, 0.15) is 0 Å². The molecule has 0 aliphatic carbocycles. The molecule has 0 amide bonds. The number of likely N-dealkylation sites (tertiary alicyclic amines) is 1. The van der Waals surface area contributed by atoms with E-state index in [0.717, 1.165) is 19.4 Å². The van der Waals surface area contributed by atoms with Crippen LogP contribution in [-0.4, -0.2) is 30.1 Å². The van der Waals surface area contributed by atoms with Crippen LogP contribution < -0.4 is 5.73 Å². The van der Waals surface area contributed by atoms with Crippen molar-refractivity contribution in [2.75, 3.05) is 19.6 Å². The van der Waals surface area contributed by atoms with Crippen molar-refractivity contribution in [1.82, 2.24) is 4.90 Å². The highest BCUT2D eigenvalue weighted by Gasteiger charge is 2.27. The first-order valence-electron chi connectivity index (χ1n) is 6.92. The molecule has 2 heteroatoms. The lowest BCUT2D eigenvalue weighted by atomic mass is 9.85. The summed E-state index contributed by atoms with van der Waals surface area (Å²) in [5.74, 6) is 0. The minimum absolute atomic E-state index is 0.0362. The molecule has 0 bridgehead atoms. The van der Waals surface area contributed by atoms with E-state index in [2.05, 4.69) is 32.6 Å². The van der Waals surface area contributed by atoms with Gasteiger partial charge in [-0.3, -0.25) is 0 Å². The van der Waals surface area contributed by atoms with E-state index in [0.29, 0.717) is 5.41 Å². The van der Waals surface area contributed by atoms with Crippen LogP contribution in [-0.2, 0) is 0 Å². The Morgan fingerprint density at radius 2 is 1.75 bits per heavy atom. The third-order valence-corrected chi connectivity index (χ3v) is 4.38. The topological polar surface area (TPSA) is 29.3 Å². The maximum Gasteiger partial charge on any atom is 0.0278 e. The summed E-state index contributed by atoms with van der Waals surface area (Å²) in [6, 6.07) is 0. The largest absolute Gasteiger partial charge is 0.324 e. The fourth-order valence-corrected chi connectivity index (χ4v) is 2.56. The molecule has 1 aliphatic heterocycles. The number of rotatable bonds is 4. The maximum atomic E-state index is 6.40. The van der Waals surface area contributed by atoms with Gasteiger partial charge in [0.2, 0.25) is 0 Å². The lowest BCUT2D eigenvalue weighted by molar-refractivity contribution is 0.197. The van der Waals surface area contributed by atoms with Gasteiger partial charge in [-0.2, -0.15) is 0 Å². The monoisotopic (exact) mass is 226 g/mol. The van der Waals surface area contributed by atoms with Gasteiger partial charge < -0.3 is 10.6 Å². The molecule has 1 saturated heterocycles. The van der Waals surface area contributed by atoms with Gasteiger partial charge >= 0.3 is 0 Å². The Bertz CT molecular complexity index is 207. The number of hydrogen-bond acceptors (Lipinski definition) is 2. The number of nitrogens with two attached hydrogens (primary N) is 1. The first-order chi connectivity index (χ1) is 7.41. The van der Waals surface area contributed by atoms with Crippen molar-refractivity contribution in [1.29, 1.82) is 0 Å². The van der Waals surface area contributed by atoms with Crippen LogP contribution in [0.3, 0.4) is 0 Å². The summed E-state index contributed by atoms with van der Waals surface area (Å²) in [4.78, 5) is 2.59. The van der Waals surface area contributed by atoms with Gasteiger partial charge in [0, 0.05) is 12.1 Å². The Balaban J connectivity index is 2.49. The second kappa shape index (κ2) is 5.50. The second-order valence-electron chi connectivity index (χ2n) is 6.36. The van der Waals surface area contributed by atoms with Crippen LogP contribution in [0.5, 0.6) is 0 Å². The van der Waals surface area contributed by atoms with Crippen molar-refractivity contribution in [2.45, 2.75) is 65.3 Å². The molecule has 1 rings (SSSR count). The Hall–Kier alpha value is -0.0800. The first-order valence-corrected chi connectivity index (χ1v) is 6.92. The fourth-order valence-electron chi connectivity index (χ4n) is 2.56. The molecule has 0 aromatic rings. The van der Waals surface area contributed by atoms with Crippen LogP contribution in [0.4, 0.5) is 0 Å². The van der Waals surface area contributed by atoms with E-state index in [4.69, 9.17) is 5.73 Å². The van der Waals surface area contributed by atoms with E-state index in [1.165, 1.54) is 32.4 Å². The van der Waals surface area contributed by atoms with Crippen molar-refractivity contribution >= 4 is 0 Å². The maximum absolute atomic E-state index is 6.40. The second-order valence-corrected chi connectivity index (χ2v) is 6.36. The highest BCUT2D eigenvalue weighted by atomic mass is 15.1.